The van der Waals surface area contributed by atoms with Gasteiger partial charge in [-0.15, -0.1) is 11.3 Å². The number of nitrogens with zero attached hydrogens (tertiary/aromatic N) is 2. The van der Waals surface area contributed by atoms with E-state index in [9.17, 15) is 9.90 Å². The highest BCUT2D eigenvalue weighted by Crippen LogP contribution is 2.37. The molecule has 0 fully saturated rings. The molecule has 0 bridgehead atoms. The Bertz CT molecular complexity index is 1270. The van der Waals surface area contributed by atoms with Crippen molar-refractivity contribution in [2.75, 3.05) is 5.32 Å². The Morgan fingerprint density at radius 3 is 2.68 bits per heavy atom. The van der Waals surface area contributed by atoms with Crippen LogP contribution in [0.25, 0.3) is 21.8 Å². The smallest absolute Gasteiger partial charge is 0.230 e. The Hall–Kier alpha value is -3.03. The third-order valence-corrected chi connectivity index (χ3v) is 6.64. The largest absolute Gasteiger partial charge is 0.508 e. The molecule has 0 unspecified atom stereocenters. The van der Waals surface area contributed by atoms with Crippen LogP contribution >= 0.6 is 27.3 Å². The molecule has 7 heteroatoms. The normalized spacial score (nSPS) is 12.2. The highest BCUT2D eigenvalue weighted by molar-refractivity contribution is 9.10. The number of carbonyl (C=O) groups is 1. The first-order valence-corrected chi connectivity index (χ1v) is 11.6. The summed E-state index contributed by atoms with van der Waals surface area (Å²) in [5.74, 6) is 0.617. The van der Waals surface area contributed by atoms with Crippen LogP contribution in [0.5, 0.6) is 5.75 Å². The highest BCUT2D eigenvalue weighted by atomic mass is 79.9. The molecule has 0 aliphatic heterocycles. The SMILES string of the molecule is O=C(Cc1ccc(Br)cc1)Nc1nc2c(nc1-c1cccs1)-c1ccc(O)cc1CC2. The maximum absolute atomic E-state index is 12.8. The number of anilines is 1. The van der Waals surface area contributed by atoms with Crippen molar-refractivity contribution in [1.29, 1.82) is 0 Å². The van der Waals surface area contributed by atoms with Gasteiger partial charge in [0, 0.05) is 10.0 Å². The van der Waals surface area contributed by atoms with Gasteiger partial charge in [-0.2, -0.15) is 0 Å². The Labute approximate surface area is 192 Å². The predicted molar refractivity (Wildman–Crippen MR) is 126 cm³/mol. The molecule has 5 rings (SSSR count). The molecule has 1 aliphatic carbocycles. The number of aromatic nitrogens is 2. The van der Waals surface area contributed by atoms with Gasteiger partial charge in [-0.05, 0) is 65.7 Å². The molecule has 0 atom stereocenters. The van der Waals surface area contributed by atoms with E-state index in [0.29, 0.717) is 17.9 Å². The number of phenols is 1. The van der Waals surface area contributed by atoms with Crippen LogP contribution in [0, 0.1) is 0 Å². The van der Waals surface area contributed by atoms with Gasteiger partial charge in [-0.25, -0.2) is 9.97 Å². The molecule has 2 heterocycles. The lowest BCUT2D eigenvalue weighted by Gasteiger charge is -2.21. The van der Waals surface area contributed by atoms with Crippen molar-refractivity contribution in [3.63, 3.8) is 0 Å². The number of hydrogen-bond acceptors (Lipinski definition) is 5. The molecule has 2 aromatic heterocycles. The van der Waals surface area contributed by atoms with Gasteiger partial charge in [0.05, 0.1) is 22.7 Å². The van der Waals surface area contributed by atoms with Gasteiger partial charge in [0.25, 0.3) is 0 Å². The van der Waals surface area contributed by atoms with Crippen LogP contribution in [0.3, 0.4) is 0 Å². The van der Waals surface area contributed by atoms with Crippen molar-refractivity contribution in [1.82, 2.24) is 9.97 Å². The Balaban J connectivity index is 1.52. The van der Waals surface area contributed by atoms with Crippen molar-refractivity contribution in [2.45, 2.75) is 19.3 Å². The third kappa shape index (κ3) is 4.11. The fourth-order valence-electron chi connectivity index (χ4n) is 3.77. The monoisotopic (exact) mass is 491 g/mol. The zero-order chi connectivity index (χ0) is 21.4. The fourth-order valence-corrected chi connectivity index (χ4v) is 4.75. The summed E-state index contributed by atoms with van der Waals surface area (Å²) in [5, 5.41) is 14.8. The number of thiophene rings is 1. The minimum Gasteiger partial charge on any atom is -0.508 e. The van der Waals surface area contributed by atoms with Gasteiger partial charge >= 0.3 is 0 Å². The zero-order valence-corrected chi connectivity index (χ0v) is 18.8. The summed E-state index contributed by atoms with van der Waals surface area (Å²) in [7, 11) is 0. The number of hydrogen-bond donors (Lipinski definition) is 2. The number of aryl methyl sites for hydroxylation is 2. The molecule has 2 N–H and O–H groups in total. The molecule has 0 radical (unpaired) electrons. The number of benzene rings is 2. The van der Waals surface area contributed by atoms with Crippen LogP contribution in [0.15, 0.2) is 64.5 Å². The van der Waals surface area contributed by atoms with Gasteiger partial charge in [0.2, 0.25) is 5.91 Å². The molecular formula is C24H18BrN3O2S. The molecule has 0 saturated heterocycles. The summed E-state index contributed by atoms with van der Waals surface area (Å²) in [6, 6.07) is 17.0. The van der Waals surface area contributed by atoms with Gasteiger partial charge < -0.3 is 10.4 Å². The predicted octanol–water partition coefficient (Wildman–Crippen LogP) is 5.62. The summed E-state index contributed by atoms with van der Waals surface area (Å²) in [5.41, 5.74) is 5.31. The maximum atomic E-state index is 12.8. The van der Waals surface area contributed by atoms with E-state index in [1.54, 1.807) is 23.5 Å². The van der Waals surface area contributed by atoms with Gasteiger partial charge in [0.1, 0.15) is 11.4 Å². The number of aromatic hydroxyl groups is 1. The number of amides is 1. The zero-order valence-electron chi connectivity index (χ0n) is 16.4. The van der Waals surface area contributed by atoms with Crippen LogP contribution in [0.2, 0.25) is 0 Å². The Morgan fingerprint density at radius 2 is 1.90 bits per heavy atom. The quantitative estimate of drug-likeness (QED) is 0.388. The number of rotatable bonds is 4. The van der Waals surface area contributed by atoms with Gasteiger partial charge in [-0.1, -0.05) is 34.1 Å². The molecule has 4 aromatic rings. The minimum atomic E-state index is -0.129. The lowest BCUT2D eigenvalue weighted by atomic mass is 9.91. The van der Waals surface area contributed by atoms with E-state index in [2.05, 4.69) is 21.2 Å². The molecule has 0 spiro atoms. The number of phenolic OH excluding ortho intramolecular Hbond substituents is 1. The standard InChI is InChI=1S/C24H18BrN3O2S/c25-16-6-3-14(4-7-16)12-21(30)27-24-23(20-2-1-11-31-20)28-22-18-9-8-17(29)13-15(18)5-10-19(22)26-24/h1-4,6-9,11,13,29H,5,10,12H2,(H,26,27,30). The first-order chi connectivity index (χ1) is 15.1. The lowest BCUT2D eigenvalue weighted by molar-refractivity contribution is -0.115. The van der Waals surface area contributed by atoms with E-state index < -0.39 is 0 Å². The van der Waals surface area contributed by atoms with Crippen molar-refractivity contribution < 1.29 is 9.90 Å². The van der Waals surface area contributed by atoms with E-state index in [1.807, 2.05) is 47.8 Å². The average Bonchev–Trinajstić information content (AvgIpc) is 3.29. The van der Waals surface area contributed by atoms with Crippen molar-refractivity contribution in [2.24, 2.45) is 0 Å². The first kappa shape index (κ1) is 19.9. The van der Waals surface area contributed by atoms with Crippen molar-refractivity contribution in [3.8, 4) is 27.6 Å². The third-order valence-electron chi connectivity index (χ3n) is 5.23. The number of fused-ring (bicyclic) bond motifs is 3. The van der Waals surface area contributed by atoms with Crippen LogP contribution in [-0.2, 0) is 24.1 Å². The van der Waals surface area contributed by atoms with Crippen molar-refractivity contribution in [3.05, 3.63) is 81.3 Å². The number of carbonyl (C=O) groups excluding carboxylic acids is 1. The Kier molecular flexibility index (Phi) is 5.29. The summed E-state index contributed by atoms with van der Waals surface area (Å²) < 4.78 is 0.978. The van der Waals surface area contributed by atoms with Gasteiger partial charge in [-0.3, -0.25) is 4.79 Å². The molecule has 0 saturated carbocycles. The van der Waals surface area contributed by atoms with Gasteiger partial charge in [0.15, 0.2) is 5.82 Å². The maximum Gasteiger partial charge on any atom is 0.230 e. The van der Waals surface area contributed by atoms with E-state index >= 15 is 0 Å². The molecule has 154 valence electrons. The summed E-state index contributed by atoms with van der Waals surface area (Å²) >= 11 is 4.97. The molecule has 1 aliphatic rings. The van der Waals surface area contributed by atoms with Crippen LogP contribution in [0.1, 0.15) is 16.8 Å². The van der Waals surface area contributed by atoms with Crippen LogP contribution in [0.4, 0.5) is 5.82 Å². The first-order valence-electron chi connectivity index (χ1n) is 9.88. The number of halogens is 1. The molecular weight excluding hydrogens is 474 g/mol. The average molecular weight is 492 g/mol. The van der Waals surface area contributed by atoms with Crippen LogP contribution < -0.4 is 5.32 Å². The highest BCUT2D eigenvalue weighted by Gasteiger charge is 2.23. The topological polar surface area (TPSA) is 75.1 Å². The summed E-state index contributed by atoms with van der Waals surface area (Å²) in [6.07, 6.45) is 1.74. The molecule has 5 nitrogen and oxygen atoms in total. The minimum absolute atomic E-state index is 0.129. The van der Waals surface area contributed by atoms with E-state index in [0.717, 1.165) is 43.8 Å². The molecule has 1 amide bonds. The molecule has 2 aromatic carbocycles. The summed E-state index contributed by atoms with van der Waals surface area (Å²) in [6.45, 7) is 0. The van der Waals surface area contributed by atoms with E-state index in [4.69, 9.17) is 9.97 Å². The summed E-state index contributed by atoms with van der Waals surface area (Å²) in [4.78, 5) is 23.5. The fraction of sp³-hybridized carbons (Fsp3) is 0.125. The number of nitrogens with one attached hydrogen (secondary N) is 1. The lowest BCUT2D eigenvalue weighted by Crippen LogP contribution is -2.18. The second kappa shape index (κ2) is 8.24. The van der Waals surface area contributed by atoms with Crippen LogP contribution in [-0.4, -0.2) is 21.0 Å². The second-order valence-electron chi connectivity index (χ2n) is 7.39. The molecule has 31 heavy (non-hydrogen) atoms. The second-order valence-corrected chi connectivity index (χ2v) is 9.25. The van der Waals surface area contributed by atoms with E-state index in [-0.39, 0.29) is 18.1 Å². The van der Waals surface area contributed by atoms with Crippen molar-refractivity contribution >= 4 is 39.0 Å². The van der Waals surface area contributed by atoms with E-state index in [1.165, 1.54) is 0 Å². The Morgan fingerprint density at radius 1 is 1.06 bits per heavy atom.